The molecule has 1 atom stereocenters. The largest absolute Gasteiger partial charge is 0.468 e. The number of likely N-dealkylation sites (tertiary alicyclic amines) is 1. The van der Waals surface area contributed by atoms with Gasteiger partial charge in [0.15, 0.2) is 6.61 Å². The molecule has 1 aromatic heterocycles. The Morgan fingerprint density at radius 1 is 1.48 bits per heavy atom. The van der Waals surface area contributed by atoms with E-state index < -0.39 is 12.8 Å². The Morgan fingerprint density at radius 3 is 2.78 bits per heavy atom. The van der Waals surface area contributed by atoms with Crippen molar-refractivity contribution in [3.63, 3.8) is 0 Å². The molecule has 1 aliphatic rings. The zero-order valence-corrected chi connectivity index (χ0v) is 13.4. The molecule has 0 aliphatic carbocycles. The number of amides is 1. The Bertz CT molecular complexity index is 511. The van der Waals surface area contributed by atoms with Crippen LogP contribution in [0.1, 0.15) is 16.8 Å². The molecule has 23 heavy (non-hydrogen) atoms. The topological polar surface area (TPSA) is 54.5 Å². The fourth-order valence-corrected chi connectivity index (χ4v) is 2.40. The molecule has 0 saturated carbocycles. The lowest BCUT2D eigenvalue weighted by molar-refractivity contribution is -0.154. The normalized spacial score (nSPS) is 17.7. The summed E-state index contributed by atoms with van der Waals surface area (Å²) in [6.45, 7) is 0.806. The van der Waals surface area contributed by atoms with Gasteiger partial charge in [-0.2, -0.15) is 13.2 Å². The van der Waals surface area contributed by atoms with E-state index in [0.29, 0.717) is 24.6 Å². The van der Waals surface area contributed by atoms with Crippen molar-refractivity contribution in [1.82, 2.24) is 15.2 Å². The lowest BCUT2D eigenvalue weighted by Crippen LogP contribution is -2.30. The van der Waals surface area contributed by atoms with Crippen LogP contribution < -0.4 is 10.1 Å². The van der Waals surface area contributed by atoms with E-state index in [1.165, 1.54) is 18.3 Å². The first-order valence-electron chi connectivity index (χ1n) is 6.98. The quantitative estimate of drug-likeness (QED) is 0.881. The second-order valence-electron chi connectivity index (χ2n) is 5.25. The van der Waals surface area contributed by atoms with Crippen molar-refractivity contribution < 1.29 is 22.7 Å². The minimum atomic E-state index is -4.41. The zero-order chi connectivity index (χ0) is 16.2. The number of halogens is 4. The zero-order valence-electron chi connectivity index (χ0n) is 12.6. The van der Waals surface area contributed by atoms with E-state index in [1.807, 2.05) is 7.05 Å². The van der Waals surface area contributed by atoms with Gasteiger partial charge in [-0.05, 0) is 32.0 Å². The highest BCUT2D eigenvalue weighted by atomic mass is 35.5. The molecule has 1 aliphatic heterocycles. The Kier molecular flexibility index (Phi) is 7.08. The number of carbonyl (C=O) groups is 1. The van der Waals surface area contributed by atoms with Crippen LogP contribution in [0.5, 0.6) is 5.88 Å². The van der Waals surface area contributed by atoms with Crippen molar-refractivity contribution in [3.8, 4) is 5.88 Å². The van der Waals surface area contributed by atoms with Gasteiger partial charge in [-0.1, -0.05) is 0 Å². The lowest BCUT2D eigenvalue weighted by atomic mass is 10.1. The predicted molar refractivity (Wildman–Crippen MR) is 81.0 cm³/mol. The first-order valence-corrected chi connectivity index (χ1v) is 6.98. The number of hydrogen-bond donors (Lipinski definition) is 1. The maximum Gasteiger partial charge on any atom is 0.422 e. The van der Waals surface area contributed by atoms with Crippen molar-refractivity contribution in [2.75, 3.05) is 33.3 Å². The molecule has 1 saturated heterocycles. The van der Waals surface area contributed by atoms with Crippen LogP contribution in [-0.2, 0) is 0 Å². The number of rotatable bonds is 5. The molecule has 9 heteroatoms. The number of carbonyl (C=O) groups excluding carboxylic acids is 1. The minimum Gasteiger partial charge on any atom is -0.468 e. The second-order valence-corrected chi connectivity index (χ2v) is 5.25. The summed E-state index contributed by atoms with van der Waals surface area (Å²) in [5.41, 5.74) is 0.351. The molecule has 1 unspecified atom stereocenters. The van der Waals surface area contributed by atoms with Gasteiger partial charge in [0.25, 0.3) is 5.91 Å². The summed E-state index contributed by atoms with van der Waals surface area (Å²) in [6, 6.07) is 2.71. The molecule has 1 N–H and O–H groups in total. The molecule has 0 aromatic carbocycles. The van der Waals surface area contributed by atoms with Gasteiger partial charge >= 0.3 is 6.18 Å². The highest BCUT2D eigenvalue weighted by molar-refractivity contribution is 5.94. The Balaban J connectivity index is 0.00000264. The van der Waals surface area contributed by atoms with Crippen molar-refractivity contribution in [2.24, 2.45) is 5.92 Å². The van der Waals surface area contributed by atoms with Gasteiger partial charge in [-0.25, -0.2) is 4.98 Å². The van der Waals surface area contributed by atoms with E-state index in [4.69, 9.17) is 0 Å². The van der Waals surface area contributed by atoms with Crippen molar-refractivity contribution in [1.29, 1.82) is 0 Å². The highest BCUT2D eigenvalue weighted by Gasteiger charge is 2.29. The molecule has 1 aromatic rings. The van der Waals surface area contributed by atoms with Crippen LogP contribution in [0.2, 0.25) is 0 Å². The van der Waals surface area contributed by atoms with Crippen LogP contribution >= 0.6 is 12.4 Å². The number of hydrogen-bond acceptors (Lipinski definition) is 4. The molecule has 0 spiro atoms. The third-order valence-corrected chi connectivity index (χ3v) is 3.43. The van der Waals surface area contributed by atoms with Crippen LogP contribution in [0.15, 0.2) is 18.3 Å². The van der Waals surface area contributed by atoms with E-state index in [-0.39, 0.29) is 24.2 Å². The number of ether oxygens (including phenoxy) is 1. The molecule has 0 radical (unpaired) electrons. The van der Waals surface area contributed by atoms with Gasteiger partial charge in [0.1, 0.15) is 0 Å². The molecule has 1 fully saturated rings. The average molecular weight is 354 g/mol. The van der Waals surface area contributed by atoms with E-state index >= 15 is 0 Å². The number of aromatic nitrogens is 1. The SMILES string of the molecule is CNCC1CCN(C(=O)c2ccc(OCC(F)(F)F)nc2)C1.Cl. The average Bonchev–Trinajstić information content (AvgIpc) is 2.93. The van der Waals surface area contributed by atoms with E-state index in [1.54, 1.807) is 4.90 Å². The minimum absolute atomic E-state index is 0. The van der Waals surface area contributed by atoms with Crippen LogP contribution in [0.3, 0.4) is 0 Å². The molecule has 130 valence electrons. The Labute approximate surface area is 138 Å². The second kappa shape index (κ2) is 8.35. The van der Waals surface area contributed by atoms with E-state index in [2.05, 4.69) is 15.0 Å². The van der Waals surface area contributed by atoms with Gasteiger partial charge < -0.3 is 15.0 Å². The molecule has 2 heterocycles. The molecule has 5 nitrogen and oxygen atoms in total. The summed E-state index contributed by atoms with van der Waals surface area (Å²) >= 11 is 0. The van der Waals surface area contributed by atoms with Gasteiger partial charge in [-0.15, -0.1) is 12.4 Å². The van der Waals surface area contributed by atoms with Crippen LogP contribution in [-0.4, -0.2) is 55.3 Å². The molecular weight excluding hydrogens is 335 g/mol. The Morgan fingerprint density at radius 2 is 2.22 bits per heavy atom. The smallest absolute Gasteiger partial charge is 0.422 e. The fraction of sp³-hybridized carbons (Fsp3) is 0.571. The number of nitrogens with zero attached hydrogens (tertiary/aromatic N) is 2. The first kappa shape index (κ1) is 19.5. The molecule has 2 rings (SSSR count). The summed E-state index contributed by atoms with van der Waals surface area (Å²) < 4.78 is 40.6. The van der Waals surface area contributed by atoms with Crippen molar-refractivity contribution in [3.05, 3.63) is 23.9 Å². The van der Waals surface area contributed by atoms with E-state index in [9.17, 15) is 18.0 Å². The third-order valence-electron chi connectivity index (χ3n) is 3.43. The molecular formula is C14H19ClF3N3O2. The van der Waals surface area contributed by atoms with Crippen molar-refractivity contribution >= 4 is 18.3 Å². The standard InChI is InChI=1S/C14H18F3N3O2.ClH/c1-18-6-10-4-5-20(8-10)13(21)11-2-3-12(19-7-11)22-9-14(15,16)17;/h2-3,7,10,18H,4-6,8-9H2,1H3;1H. The predicted octanol–water partition coefficient (Wildman–Crippen LogP) is 2.13. The van der Waals surface area contributed by atoms with Crippen LogP contribution in [0, 0.1) is 5.92 Å². The third kappa shape index (κ3) is 5.87. The highest BCUT2D eigenvalue weighted by Crippen LogP contribution is 2.20. The van der Waals surface area contributed by atoms with E-state index in [0.717, 1.165) is 13.0 Å². The maximum absolute atomic E-state index is 12.3. The van der Waals surface area contributed by atoms with Crippen molar-refractivity contribution in [2.45, 2.75) is 12.6 Å². The van der Waals surface area contributed by atoms with Gasteiger partial charge in [0.2, 0.25) is 5.88 Å². The summed E-state index contributed by atoms with van der Waals surface area (Å²) in [5.74, 6) is 0.119. The summed E-state index contributed by atoms with van der Waals surface area (Å²) in [5, 5.41) is 3.08. The monoisotopic (exact) mass is 353 g/mol. The van der Waals surface area contributed by atoms with Crippen LogP contribution in [0.25, 0.3) is 0 Å². The van der Waals surface area contributed by atoms with Gasteiger partial charge in [-0.3, -0.25) is 4.79 Å². The first-order chi connectivity index (χ1) is 10.4. The molecule has 1 amide bonds. The fourth-order valence-electron chi connectivity index (χ4n) is 2.40. The number of pyridine rings is 1. The Hall–Kier alpha value is -1.54. The number of alkyl halides is 3. The molecule has 0 bridgehead atoms. The van der Waals surface area contributed by atoms with Crippen LogP contribution in [0.4, 0.5) is 13.2 Å². The summed E-state index contributed by atoms with van der Waals surface area (Å²) in [6.07, 6.45) is -2.22. The number of nitrogens with one attached hydrogen (secondary N) is 1. The summed E-state index contributed by atoms with van der Waals surface area (Å²) in [7, 11) is 1.87. The maximum atomic E-state index is 12.3. The van der Waals surface area contributed by atoms with Gasteiger partial charge in [0, 0.05) is 25.4 Å². The van der Waals surface area contributed by atoms with Gasteiger partial charge in [0.05, 0.1) is 5.56 Å². The lowest BCUT2D eigenvalue weighted by Gasteiger charge is -2.16. The summed E-state index contributed by atoms with van der Waals surface area (Å²) in [4.78, 5) is 17.7.